The summed E-state index contributed by atoms with van der Waals surface area (Å²) in [5.41, 5.74) is 7.41. The van der Waals surface area contributed by atoms with Crippen molar-refractivity contribution in [1.82, 2.24) is 9.55 Å². The summed E-state index contributed by atoms with van der Waals surface area (Å²) in [6, 6.07) is 7.97. The van der Waals surface area contributed by atoms with Crippen LogP contribution in [0.3, 0.4) is 0 Å². The molecule has 1 heterocycles. The van der Waals surface area contributed by atoms with E-state index in [0.717, 1.165) is 11.0 Å². The topological polar surface area (TPSA) is 53.1 Å². The highest BCUT2D eigenvalue weighted by Gasteiger charge is 1.99. The van der Waals surface area contributed by atoms with E-state index in [1.807, 2.05) is 28.8 Å². The van der Waals surface area contributed by atoms with Crippen LogP contribution in [-0.4, -0.2) is 22.7 Å². The van der Waals surface area contributed by atoms with Gasteiger partial charge in [-0.25, -0.2) is 4.98 Å². The molecule has 1 aromatic heterocycles. The molecule has 2 aromatic rings. The van der Waals surface area contributed by atoms with Gasteiger partial charge in [0.05, 0.1) is 24.0 Å². The standard InChI is InChI=1S/C10H13N3O/c11-5-6-14-8-13-7-12-9-3-1-2-4-10(9)13/h1-4,7H,5-6,8,11H2. The van der Waals surface area contributed by atoms with Crippen molar-refractivity contribution in [3.63, 3.8) is 0 Å². The molecule has 0 saturated heterocycles. The van der Waals surface area contributed by atoms with Crippen LogP contribution < -0.4 is 5.73 Å². The zero-order valence-corrected chi connectivity index (χ0v) is 7.89. The summed E-state index contributed by atoms with van der Waals surface area (Å²) in [4.78, 5) is 4.25. The number of rotatable bonds is 4. The molecule has 4 nitrogen and oxygen atoms in total. The quantitative estimate of drug-likeness (QED) is 0.732. The molecule has 0 aliphatic heterocycles. The van der Waals surface area contributed by atoms with Crippen LogP contribution in [0.15, 0.2) is 30.6 Å². The fraction of sp³-hybridized carbons (Fsp3) is 0.300. The fourth-order valence-corrected chi connectivity index (χ4v) is 1.36. The number of hydrogen-bond acceptors (Lipinski definition) is 3. The van der Waals surface area contributed by atoms with Gasteiger partial charge >= 0.3 is 0 Å². The Labute approximate surface area is 82.3 Å². The molecule has 2 N–H and O–H groups in total. The molecule has 74 valence electrons. The summed E-state index contributed by atoms with van der Waals surface area (Å²) in [5.74, 6) is 0. The van der Waals surface area contributed by atoms with Crippen LogP contribution in [0, 0.1) is 0 Å². The molecule has 4 heteroatoms. The minimum Gasteiger partial charge on any atom is -0.359 e. The summed E-state index contributed by atoms with van der Waals surface area (Å²) in [6.07, 6.45) is 1.78. The normalized spacial score (nSPS) is 10.9. The second-order valence-corrected chi connectivity index (χ2v) is 3.03. The van der Waals surface area contributed by atoms with Crippen molar-refractivity contribution < 1.29 is 4.74 Å². The number of ether oxygens (including phenoxy) is 1. The predicted octanol–water partition coefficient (Wildman–Crippen LogP) is 0.969. The van der Waals surface area contributed by atoms with Crippen molar-refractivity contribution in [2.45, 2.75) is 6.73 Å². The number of fused-ring (bicyclic) bond motifs is 1. The van der Waals surface area contributed by atoms with E-state index in [1.165, 1.54) is 0 Å². The lowest BCUT2D eigenvalue weighted by Crippen LogP contribution is -2.10. The minimum atomic E-state index is 0.512. The Kier molecular flexibility index (Phi) is 2.76. The van der Waals surface area contributed by atoms with Gasteiger partial charge in [0.1, 0.15) is 6.73 Å². The van der Waals surface area contributed by atoms with Gasteiger partial charge in [0.15, 0.2) is 0 Å². The van der Waals surface area contributed by atoms with Gasteiger partial charge in [0.2, 0.25) is 0 Å². The van der Waals surface area contributed by atoms with Crippen molar-refractivity contribution in [2.24, 2.45) is 5.73 Å². The molecule has 14 heavy (non-hydrogen) atoms. The monoisotopic (exact) mass is 191 g/mol. The molecule has 1 aromatic carbocycles. The maximum Gasteiger partial charge on any atom is 0.124 e. The van der Waals surface area contributed by atoms with Crippen LogP contribution in [0.2, 0.25) is 0 Å². The summed E-state index contributed by atoms with van der Waals surface area (Å²) in [7, 11) is 0. The molecular weight excluding hydrogens is 178 g/mol. The molecule has 0 bridgehead atoms. The Morgan fingerprint density at radius 1 is 1.36 bits per heavy atom. The van der Waals surface area contributed by atoms with E-state index in [-0.39, 0.29) is 0 Å². The van der Waals surface area contributed by atoms with Gasteiger partial charge in [-0.15, -0.1) is 0 Å². The number of hydrogen-bond donors (Lipinski definition) is 1. The number of nitrogens with two attached hydrogens (primary N) is 1. The summed E-state index contributed by atoms with van der Waals surface area (Å²) < 4.78 is 7.30. The Hall–Kier alpha value is -1.39. The minimum absolute atomic E-state index is 0.512. The first-order valence-corrected chi connectivity index (χ1v) is 4.59. The van der Waals surface area contributed by atoms with Gasteiger partial charge in [-0.1, -0.05) is 12.1 Å². The van der Waals surface area contributed by atoms with Gasteiger partial charge in [0, 0.05) is 6.54 Å². The maximum atomic E-state index is 5.33. The lowest BCUT2D eigenvalue weighted by atomic mass is 10.3. The number of aromatic nitrogens is 2. The Morgan fingerprint density at radius 3 is 3.07 bits per heavy atom. The third-order valence-corrected chi connectivity index (χ3v) is 2.02. The first-order valence-electron chi connectivity index (χ1n) is 4.59. The summed E-state index contributed by atoms with van der Waals surface area (Å²) >= 11 is 0. The highest BCUT2D eigenvalue weighted by molar-refractivity contribution is 5.74. The third-order valence-electron chi connectivity index (χ3n) is 2.02. The summed E-state index contributed by atoms with van der Waals surface area (Å²) in [6.45, 7) is 1.64. The van der Waals surface area contributed by atoms with Crippen molar-refractivity contribution in [3.05, 3.63) is 30.6 Å². The molecular formula is C10H13N3O. The molecule has 0 unspecified atom stereocenters. The number of imidazole rings is 1. The second kappa shape index (κ2) is 4.21. The average Bonchev–Trinajstić information content (AvgIpc) is 2.63. The van der Waals surface area contributed by atoms with Crippen LogP contribution in [-0.2, 0) is 11.5 Å². The second-order valence-electron chi connectivity index (χ2n) is 3.03. The Balaban J connectivity index is 2.17. The van der Waals surface area contributed by atoms with Crippen LogP contribution in [0.25, 0.3) is 11.0 Å². The lowest BCUT2D eigenvalue weighted by Gasteiger charge is -2.04. The van der Waals surface area contributed by atoms with Crippen LogP contribution in [0.5, 0.6) is 0 Å². The van der Waals surface area contributed by atoms with Gasteiger partial charge in [0.25, 0.3) is 0 Å². The first-order chi connectivity index (χ1) is 6.92. The van der Waals surface area contributed by atoms with Crippen molar-refractivity contribution >= 4 is 11.0 Å². The van der Waals surface area contributed by atoms with Crippen LogP contribution in [0.1, 0.15) is 0 Å². The zero-order valence-electron chi connectivity index (χ0n) is 7.89. The molecule has 0 spiro atoms. The smallest absolute Gasteiger partial charge is 0.124 e. The van der Waals surface area contributed by atoms with Gasteiger partial charge < -0.3 is 15.0 Å². The van der Waals surface area contributed by atoms with Gasteiger partial charge in [-0.3, -0.25) is 0 Å². The molecule has 0 aliphatic carbocycles. The molecule has 0 fully saturated rings. The molecule has 0 radical (unpaired) electrons. The van der Waals surface area contributed by atoms with E-state index in [1.54, 1.807) is 6.33 Å². The fourth-order valence-electron chi connectivity index (χ4n) is 1.36. The highest BCUT2D eigenvalue weighted by Crippen LogP contribution is 2.11. The van der Waals surface area contributed by atoms with Crippen molar-refractivity contribution in [1.29, 1.82) is 0 Å². The molecule has 0 aliphatic rings. The first kappa shape index (κ1) is 9.18. The van der Waals surface area contributed by atoms with Crippen LogP contribution in [0.4, 0.5) is 0 Å². The third kappa shape index (κ3) is 1.76. The summed E-state index contributed by atoms with van der Waals surface area (Å²) in [5, 5.41) is 0. The SMILES string of the molecule is NCCOCn1cnc2ccccc21. The highest BCUT2D eigenvalue weighted by atomic mass is 16.5. The van der Waals surface area contributed by atoms with E-state index in [9.17, 15) is 0 Å². The number of benzene rings is 1. The molecule has 2 rings (SSSR count). The number of nitrogens with zero attached hydrogens (tertiary/aromatic N) is 2. The van der Waals surface area contributed by atoms with E-state index >= 15 is 0 Å². The largest absolute Gasteiger partial charge is 0.359 e. The Bertz CT molecular complexity index is 410. The van der Waals surface area contributed by atoms with Gasteiger partial charge in [-0.2, -0.15) is 0 Å². The van der Waals surface area contributed by atoms with Crippen molar-refractivity contribution in [3.8, 4) is 0 Å². The average molecular weight is 191 g/mol. The van der Waals surface area contributed by atoms with E-state index in [2.05, 4.69) is 4.98 Å². The van der Waals surface area contributed by atoms with Gasteiger partial charge in [-0.05, 0) is 12.1 Å². The van der Waals surface area contributed by atoms with Crippen LogP contribution >= 0.6 is 0 Å². The Morgan fingerprint density at radius 2 is 2.21 bits per heavy atom. The van der Waals surface area contributed by atoms with E-state index in [4.69, 9.17) is 10.5 Å². The van der Waals surface area contributed by atoms with E-state index < -0.39 is 0 Å². The molecule has 0 saturated carbocycles. The predicted molar refractivity (Wildman–Crippen MR) is 54.7 cm³/mol. The van der Waals surface area contributed by atoms with E-state index in [0.29, 0.717) is 19.9 Å². The van der Waals surface area contributed by atoms with Crippen molar-refractivity contribution in [2.75, 3.05) is 13.2 Å². The maximum absolute atomic E-state index is 5.33. The molecule has 0 amide bonds. The number of para-hydroxylation sites is 2. The zero-order chi connectivity index (χ0) is 9.80. The molecule has 0 atom stereocenters. The lowest BCUT2D eigenvalue weighted by molar-refractivity contribution is 0.0857.